The van der Waals surface area contributed by atoms with Gasteiger partial charge in [-0.2, -0.15) is 4.79 Å². The van der Waals surface area contributed by atoms with E-state index in [2.05, 4.69) is 12.2 Å². The average molecular weight is 534 g/mol. The maximum Gasteiger partial charge on any atom is 0.524 e. The molecule has 212 valence electrons. The lowest BCUT2D eigenvalue weighted by Gasteiger charge is -2.42. The summed E-state index contributed by atoms with van der Waals surface area (Å²) in [4.78, 5) is 53.1. The van der Waals surface area contributed by atoms with Crippen LogP contribution in [0, 0.1) is 5.92 Å². The minimum absolute atomic E-state index is 0.00496. The van der Waals surface area contributed by atoms with Crippen LogP contribution < -0.4 is 5.32 Å². The fourth-order valence-electron chi connectivity index (χ4n) is 4.83. The van der Waals surface area contributed by atoms with E-state index in [0.717, 1.165) is 37.7 Å². The number of esters is 1. The van der Waals surface area contributed by atoms with E-state index in [9.17, 15) is 24.3 Å². The third-order valence-electron chi connectivity index (χ3n) is 6.80. The summed E-state index contributed by atoms with van der Waals surface area (Å²) < 4.78 is 10.4. The third kappa shape index (κ3) is 9.20. The number of carbonyl (C=O) groups excluding carboxylic acids is 3. The smallest absolute Gasteiger partial charge is 0.481 e. The molecule has 0 bridgehead atoms. The number of imide groups is 1. The van der Waals surface area contributed by atoms with Gasteiger partial charge in [0.1, 0.15) is 18.8 Å². The first-order valence-corrected chi connectivity index (χ1v) is 13.8. The number of unbranched alkanes of at least 4 members (excludes halogenated alkanes) is 5. The van der Waals surface area contributed by atoms with Crippen molar-refractivity contribution >= 4 is 23.9 Å². The standard InChI is InChI=1S/C29H44N2O7/c1-5-6-7-8-9-13-16-23(19-25(32)33)26(34)31(28(36)38-29(2,3)4)18-17-30-20-24(31)27(35)37-21-22-14-11-10-12-15-22/h10-12,14-15,23-24,30H,5-9,13,16-21H2,1-4H3/p+1/t23-,24?,31-/m1/s1. The number of carboxylic acids is 1. The number of amides is 2. The van der Waals surface area contributed by atoms with Crippen molar-refractivity contribution in [2.75, 3.05) is 19.6 Å². The molecule has 2 N–H and O–H groups in total. The maximum absolute atomic E-state index is 14.2. The van der Waals surface area contributed by atoms with Crippen LogP contribution in [0.3, 0.4) is 0 Å². The van der Waals surface area contributed by atoms with Crippen molar-refractivity contribution in [1.29, 1.82) is 0 Å². The molecule has 1 aromatic carbocycles. The predicted octanol–water partition coefficient (Wildman–Crippen LogP) is 4.82. The SMILES string of the molecule is CCCCCCCC[C@H](CC(=O)O)C(=O)[N@@+]1(C(=O)OC(C)(C)C)CCNCC1C(=O)OCc1ccccc1. The molecule has 38 heavy (non-hydrogen) atoms. The lowest BCUT2D eigenvalue weighted by Crippen LogP contribution is -2.74. The zero-order valence-electron chi connectivity index (χ0n) is 23.4. The Labute approximate surface area is 226 Å². The molecule has 1 saturated heterocycles. The summed E-state index contributed by atoms with van der Waals surface area (Å²) in [6.07, 6.45) is 4.97. The zero-order valence-corrected chi connectivity index (χ0v) is 23.4. The van der Waals surface area contributed by atoms with Gasteiger partial charge >= 0.3 is 23.9 Å². The Kier molecular flexibility index (Phi) is 12.4. The van der Waals surface area contributed by atoms with Crippen molar-refractivity contribution < 1.29 is 38.2 Å². The average Bonchev–Trinajstić information content (AvgIpc) is 2.87. The molecule has 1 heterocycles. The normalized spacial score (nSPS) is 20.4. The summed E-state index contributed by atoms with van der Waals surface area (Å²) in [6, 6.07) is 7.96. The molecule has 1 unspecified atom stereocenters. The van der Waals surface area contributed by atoms with Crippen molar-refractivity contribution in [3.05, 3.63) is 35.9 Å². The topological polar surface area (TPSA) is 119 Å². The van der Waals surface area contributed by atoms with Crippen LogP contribution in [0.1, 0.15) is 84.6 Å². The molecular weight excluding hydrogens is 488 g/mol. The molecule has 0 aromatic heterocycles. The van der Waals surface area contributed by atoms with Crippen LogP contribution in [0.5, 0.6) is 0 Å². The molecule has 1 aromatic rings. The van der Waals surface area contributed by atoms with Crippen molar-refractivity contribution in [3.8, 4) is 0 Å². The Morgan fingerprint density at radius 3 is 2.34 bits per heavy atom. The molecule has 1 aliphatic rings. The van der Waals surface area contributed by atoms with E-state index in [-0.39, 0.29) is 19.7 Å². The van der Waals surface area contributed by atoms with Crippen LogP contribution in [-0.2, 0) is 30.5 Å². The van der Waals surface area contributed by atoms with Gasteiger partial charge in [0.25, 0.3) is 0 Å². The number of ether oxygens (including phenoxy) is 2. The number of aliphatic carboxylic acids is 1. The molecule has 0 spiro atoms. The Morgan fingerprint density at radius 1 is 1.05 bits per heavy atom. The summed E-state index contributed by atoms with van der Waals surface area (Å²) in [7, 11) is 0. The molecule has 9 nitrogen and oxygen atoms in total. The monoisotopic (exact) mass is 533 g/mol. The molecule has 1 aliphatic heterocycles. The van der Waals surface area contributed by atoms with Crippen LogP contribution in [0.25, 0.3) is 0 Å². The summed E-state index contributed by atoms with van der Waals surface area (Å²) in [5.74, 6) is -3.32. The molecule has 3 atom stereocenters. The van der Waals surface area contributed by atoms with Gasteiger partial charge in [0.15, 0.2) is 0 Å². The summed E-state index contributed by atoms with van der Waals surface area (Å²) >= 11 is 0. The zero-order chi connectivity index (χ0) is 28.2. The third-order valence-corrected chi connectivity index (χ3v) is 6.80. The van der Waals surface area contributed by atoms with Gasteiger partial charge in [0, 0.05) is 6.54 Å². The molecule has 0 aliphatic carbocycles. The highest BCUT2D eigenvalue weighted by Gasteiger charge is 2.60. The lowest BCUT2D eigenvalue weighted by atomic mass is 9.93. The van der Waals surface area contributed by atoms with Crippen molar-refractivity contribution in [2.45, 2.75) is 97.3 Å². The second-order valence-electron chi connectivity index (χ2n) is 11.1. The quantitative estimate of drug-likeness (QED) is 0.210. The number of quaternary nitrogens is 1. The second kappa shape index (κ2) is 15.0. The summed E-state index contributed by atoms with van der Waals surface area (Å²) in [5.41, 5.74) is -0.133. The number of nitrogens with zero attached hydrogens (tertiary/aromatic N) is 1. The van der Waals surface area contributed by atoms with Gasteiger partial charge < -0.3 is 19.9 Å². The van der Waals surface area contributed by atoms with Gasteiger partial charge in [-0.1, -0.05) is 75.8 Å². The Bertz CT molecular complexity index is 929. The van der Waals surface area contributed by atoms with Crippen LogP contribution in [0.4, 0.5) is 4.79 Å². The largest absolute Gasteiger partial charge is 0.524 e. The van der Waals surface area contributed by atoms with Gasteiger partial charge in [0.2, 0.25) is 6.04 Å². The second-order valence-corrected chi connectivity index (χ2v) is 11.1. The minimum Gasteiger partial charge on any atom is -0.481 e. The first-order chi connectivity index (χ1) is 18.0. The van der Waals surface area contributed by atoms with E-state index in [0.29, 0.717) is 19.4 Å². The first kappa shape index (κ1) is 31.4. The van der Waals surface area contributed by atoms with Gasteiger partial charge in [-0.15, -0.1) is 4.48 Å². The molecule has 0 saturated carbocycles. The molecule has 2 rings (SSSR count). The van der Waals surface area contributed by atoms with E-state index >= 15 is 0 Å². The van der Waals surface area contributed by atoms with E-state index in [1.807, 2.05) is 30.3 Å². The number of rotatable bonds is 13. The lowest BCUT2D eigenvalue weighted by molar-refractivity contribution is -0.806. The van der Waals surface area contributed by atoms with Crippen molar-refractivity contribution in [2.24, 2.45) is 5.92 Å². The van der Waals surface area contributed by atoms with Gasteiger partial charge in [0.05, 0.1) is 18.9 Å². The molecule has 1 fully saturated rings. The number of piperazine rings is 1. The van der Waals surface area contributed by atoms with Crippen molar-refractivity contribution in [3.63, 3.8) is 0 Å². The maximum atomic E-state index is 14.2. The van der Waals surface area contributed by atoms with E-state index in [4.69, 9.17) is 9.47 Å². The molecular formula is C29H45N2O7+. The van der Waals surface area contributed by atoms with E-state index in [1.165, 1.54) is 0 Å². The number of nitrogens with one attached hydrogen (secondary N) is 1. The number of carboxylic acid groups (broad SMARTS) is 1. The molecule has 0 radical (unpaired) electrons. The fraction of sp³-hybridized carbons (Fsp3) is 0.655. The van der Waals surface area contributed by atoms with Gasteiger partial charge in [-0.3, -0.25) is 4.79 Å². The summed E-state index contributed by atoms with van der Waals surface area (Å²) in [6.45, 7) is 7.53. The first-order valence-electron chi connectivity index (χ1n) is 13.8. The predicted molar refractivity (Wildman–Crippen MR) is 143 cm³/mol. The molecule has 9 heteroatoms. The number of hydrogen-bond acceptors (Lipinski definition) is 7. The Balaban J connectivity index is 2.36. The van der Waals surface area contributed by atoms with Crippen molar-refractivity contribution in [1.82, 2.24) is 5.32 Å². The Morgan fingerprint density at radius 2 is 1.71 bits per heavy atom. The highest BCUT2D eigenvalue weighted by atomic mass is 16.6. The number of benzene rings is 1. The number of hydrogen-bond donors (Lipinski definition) is 2. The van der Waals surface area contributed by atoms with Crippen LogP contribution in [0.15, 0.2) is 30.3 Å². The fourth-order valence-corrected chi connectivity index (χ4v) is 4.83. The van der Waals surface area contributed by atoms with Crippen LogP contribution in [0.2, 0.25) is 0 Å². The summed E-state index contributed by atoms with van der Waals surface area (Å²) in [5, 5.41) is 12.7. The van der Waals surface area contributed by atoms with Gasteiger partial charge in [-0.05, 0) is 32.8 Å². The van der Waals surface area contributed by atoms with E-state index in [1.54, 1.807) is 20.8 Å². The highest BCUT2D eigenvalue weighted by molar-refractivity contribution is 5.90. The Hall–Kier alpha value is -2.78. The van der Waals surface area contributed by atoms with E-state index < -0.39 is 52.4 Å². The number of carbonyl (C=O) groups is 4. The van der Waals surface area contributed by atoms with Crippen LogP contribution >= 0.6 is 0 Å². The minimum atomic E-state index is -1.18. The van der Waals surface area contributed by atoms with Crippen LogP contribution in [-0.4, -0.2) is 64.8 Å². The highest BCUT2D eigenvalue weighted by Crippen LogP contribution is 2.30. The van der Waals surface area contributed by atoms with Gasteiger partial charge in [-0.25, -0.2) is 9.59 Å². The molecule has 2 amide bonds.